The van der Waals surface area contributed by atoms with Crippen LogP contribution in [0.4, 0.5) is 5.69 Å². The van der Waals surface area contributed by atoms with E-state index < -0.39 is 5.82 Å². The summed E-state index contributed by atoms with van der Waals surface area (Å²) in [7, 11) is 0. The van der Waals surface area contributed by atoms with Gasteiger partial charge in [-0.05, 0) is 36.1 Å². The molecule has 0 amide bonds. The fourth-order valence-corrected chi connectivity index (χ4v) is 4.24. The molecule has 3 heterocycles. The predicted octanol–water partition coefficient (Wildman–Crippen LogP) is 3.63. The van der Waals surface area contributed by atoms with Gasteiger partial charge in [0.05, 0.1) is 4.88 Å². The molecule has 1 aliphatic rings. The van der Waals surface area contributed by atoms with E-state index in [2.05, 4.69) is 39.4 Å². The van der Waals surface area contributed by atoms with Gasteiger partial charge in [-0.1, -0.05) is 18.2 Å². The third kappa shape index (κ3) is 3.76. The number of hydrogen-bond acceptors (Lipinski definition) is 6. The maximum atomic E-state index is 11.6. The van der Waals surface area contributed by atoms with Crippen LogP contribution in [0.25, 0.3) is 10.6 Å². The molecule has 0 bridgehead atoms. The molecule has 1 aliphatic heterocycles. The molecule has 6 heteroatoms. The quantitative estimate of drug-likeness (QED) is 0.686. The smallest absolute Gasteiger partial charge is 0.395 e. The zero-order valence-electron chi connectivity index (χ0n) is 14.8. The number of aryl methyl sites for hydroxylation is 1. The fourth-order valence-electron chi connectivity index (χ4n) is 3.34. The van der Waals surface area contributed by atoms with Crippen molar-refractivity contribution in [1.29, 1.82) is 0 Å². The molecule has 0 N–H and O–H groups in total. The van der Waals surface area contributed by atoms with Crippen LogP contribution in [-0.2, 0) is 6.42 Å². The van der Waals surface area contributed by atoms with Crippen molar-refractivity contribution in [2.24, 2.45) is 0 Å². The highest BCUT2D eigenvalue weighted by molar-refractivity contribution is 7.13. The minimum Gasteiger partial charge on any atom is -0.395 e. The maximum absolute atomic E-state index is 11.6. The molecule has 136 valence electrons. The van der Waals surface area contributed by atoms with E-state index in [1.54, 1.807) is 11.3 Å². The van der Waals surface area contributed by atoms with Crippen molar-refractivity contribution < 1.29 is 8.83 Å². The average molecular weight is 370 g/mol. The average Bonchev–Trinajstić information content (AvgIpc) is 3.26. The summed E-state index contributed by atoms with van der Waals surface area (Å²) in [5.74, 6) is 0.633. The minimum absolute atomic E-state index is 0.594. The predicted molar refractivity (Wildman–Crippen MR) is 104 cm³/mol. The number of piperazine rings is 1. The van der Waals surface area contributed by atoms with Crippen LogP contribution in [0.3, 0.4) is 0 Å². The van der Waals surface area contributed by atoms with Gasteiger partial charge in [0.2, 0.25) is 0 Å². The summed E-state index contributed by atoms with van der Waals surface area (Å²) in [6.07, 6.45) is 0.684. The van der Waals surface area contributed by atoms with Gasteiger partial charge in [-0.2, -0.15) is 0 Å². The van der Waals surface area contributed by atoms with E-state index in [9.17, 15) is 4.79 Å². The monoisotopic (exact) mass is 370 g/mol. The molecule has 0 aliphatic carbocycles. The minimum atomic E-state index is -0.616. The van der Waals surface area contributed by atoms with Crippen LogP contribution in [-0.4, -0.2) is 37.6 Å². The zero-order chi connectivity index (χ0) is 17.9. The van der Waals surface area contributed by atoms with Crippen molar-refractivity contribution in [1.82, 2.24) is 4.90 Å². The third-order valence-corrected chi connectivity index (χ3v) is 5.80. The van der Waals surface area contributed by atoms with Crippen molar-refractivity contribution in [2.75, 3.05) is 37.6 Å². The van der Waals surface area contributed by atoms with E-state index in [0.717, 1.165) is 43.2 Å². The number of benzene rings is 1. The normalized spacial score (nSPS) is 15.5. The van der Waals surface area contributed by atoms with Crippen molar-refractivity contribution in [3.63, 3.8) is 0 Å². The molecule has 1 fully saturated rings. The topological polar surface area (TPSA) is 49.8 Å². The molecule has 5 nitrogen and oxygen atoms in total. The summed E-state index contributed by atoms with van der Waals surface area (Å²) in [5.41, 5.74) is 2.44. The van der Waals surface area contributed by atoms with E-state index >= 15 is 0 Å². The summed E-state index contributed by atoms with van der Waals surface area (Å²) >= 11 is 1.58. The van der Waals surface area contributed by atoms with E-state index in [-0.39, 0.29) is 0 Å². The summed E-state index contributed by atoms with van der Waals surface area (Å²) in [4.78, 5) is 17.4. The molecular formula is C20H22N2O3S. The molecule has 0 spiro atoms. The Morgan fingerprint density at radius 2 is 1.85 bits per heavy atom. The highest BCUT2D eigenvalue weighted by atomic mass is 32.1. The van der Waals surface area contributed by atoms with Crippen LogP contribution in [0, 0.1) is 6.92 Å². The Kier molecular flexibility index (Phi) is 4.95. The molecule has 26 heavy (non-hydrogen) atoms. The van der Waals surface area contributed by atoms with Crippen LogP contribution in [0.5, 0.6) is 0 Å². The Balaban J connectivity index is 1.36. The standard InChI is InChI=1S/C20H22N2O3S/c1-15-13-18(26-14-15)19-17(24-20(23)25-19)7-8-21-9-11-22(12-10-21)16-5-3-2-4-6-16/h2-6,13-14H,7-12H2,1H3. The number of rotatable bonds is 5. The van der Waals surface area contributed by atoms with Crippen molar-refractivity contribution in [3.8, 4) is 10.6 Å². The summed E-state index contributed by atoms with van der Waals surface area (Å²) in [5, 5.41) is 2.05. The second kappa shape index (κ2) is 7.51. The maximum Gasteiger partial charge on any atom is 0.519 e. The molecule has 1 aromatic carbocycles. The van der Waals surface area contributed by atoms with E-state index in [4.69, 9.17) is 8.83 Å². The lowest BCUT2D eigenvalue weighted by Crippen LogP contribution is -2.47. The van der Waals surface area contributed by atoms with Crippen LogP contribution < -0.4 is 10.7 Å². The molecule has 0 saturated carbocycles. The molecule has 0 radical (unpaired) electrons. The number of nitrogens with zero attached hydrogens (tertiary/aromatic N) is 2. The number of para-hydroxylation sites is 1. The third-order valence-electron chi connectivity index (χ3n) is 4.75. The summed E-state index contributed by atoms with van der Waals surface area (Å²) in [6, 6.07) is 12.6. The summed E-state index contributed by atoms with van der Waals surface area (Å²) in [6.45, 7) is 6.92. The van der Waals surface area contributed by atoms with E-state index in [1.807, 2.05) is 19.1 Å². The SMILES string of the molecule is Cc1csc(-c2oc(=O)oc2CCN2CCN(c3ccccc3)CC2)c1. The van der Waals surface area contributed by atoms with E-state index in [1.165, 1.54) is 5.69 Å². The lowest BCUT2D eigenvalue weighted by molar-refractivity contribution is 0.254. The van der Waals surface area contributed by atoms with Gasteiger partial charge in [-0.3, -0.25) is 4.90 Å². The van der Waals surface area contributed by atoms with Gasteiger partial charge in [0.1, 0.15) is 0 Å². The molecule has 0 atom stereocenters. The van der Waals surface area contributed by atoms with Gasteiger partial charge < -0.3 is 13.7 Å². The van der Waals surface area contributed by atoms with Crippen LogP contribution in [0.1, 0.15) is 11.3 Å². The Labute approximate surface area is 156 Å². The Morgan fingerprint density at radius 1 is 1.08 bits per heavy atom. The van der Waals surface area contributed by atoms with Crippen LogP contribution in [0.15, 0.2) is 55.4 Å². The van der Waals surface area contributed by atoms with Gasteiger partial charge in [0.15, 0.2) is 11.5 Å². The first-order valence-electron chi connectivity index (χ1n) is 8.90. The van der Waals surface area contributed by atoms with E-state index in [0.29, 0.717) is 17.9 Å². The van der Waals surface area contributed by atoms with Gasteiger partial charge in [-0.15, -0.1) is 11.3 Å². The molecule has 4 rings (SSSR count). The Hall–Kier alpha value is -2.31. The fraction of sp³-hybridized carbons (Fsp3) is 0.350. The Morgan fingerprint density at radius 3 is 2.54 bits per heavy atom. The zero-order valence-corrected chi connectivity index (χ0v) is 15.6. The Bertz CT molecular complexity index is 905. The van der Waals surface area contributed by atoms with Crippen LogP contribution in [0.2, 0.25) is 0 Å². The van der Waals surface area contributed by atoms with Crippen LogP contribution >= 0.6 is 11.3 Å². The van der Waals surface area contributed by atoms with Gasteiger partial charge in [0, 0.05) is 44.8 Å². The first-order chi connectivity index (χ1) is 12.7. The molecule has 1 saturated heterocycles. The molecule has 3 aromatic rings. The highest BCUT2D eigenvalue weighted by Gasteiger charge is 2.20. The molecule has 0 unspecified atom stereocenters. The summed E-state index contributed by atoms with van der Waals surface area (Å²) < 4.78 is 10.6. The largest absolute Gasteiger partial charge is 0.519 e. The van der Waals surface area contributed by atoms with Crippen molar-refractivity contribution in [3.05, 3.63) is 63.7 Å². The van der Waals surface area contributed by atoms with Gasteiger partial charge in [-0.25, -0.2) is 4.79 Å². The van der Waals surface area contributed by atoms with Crippen molar-refractivity contribution in [2.45, 2.75) is 13.3 Å². The number of anilines is 1. The second-order valence-electron chi connectivity index (χ2n) is 6.61. The molecule has 2 aromatic heterocycles. The van der Waals surface area contributed by atoms with Gasteiger partial charge in [0.25, 0.3) is 0 Å². The lowest BCUT2D eigenvalue weighted by atomic mass is 10.2. The molecular weight excluding hydrogens is 348 g/mol. The lowest BCUT2D eigenvalue weighted by Gasteiger charge is -2.36. The van der Waals surface area contributed by atoms with Gasteiger partial charge >= 0.3 is 5.82 Å². The first-order valence-corrected chi connectivity index (χ1v) is 9.78. The highest BCUT2D eigenvalue weighted by Crippen LogP contribution is 2.29. The first kappa shape index (κ1) is 17.1. The number of hydrogen-bond donors (Lipinski definition) is 0. The number of thiophene rings is 1. The van der Waals surface area contributed by atoms with Crippen molar-refractivity contribution >= 4 is 17.0 Å². The second-order valence-corrected chi connectivity index (χ2v) is 7.52.